The highest BCUT2D eigenvalue weighted by Crippen LogP contribution is 2.23. The van der Waals surface area contributed by atoms with Gasteiger partial charge in [0.15, 0.2) is 0 Å². The molecule has 1 amide bonds. The molecule has 1 aliphatic heterocycles. The molecule has 0 aliphatic carbocycles. The molecule has 0 bridgehead atoms. The number of alkyl halides is 1. The molecule has 6 nitrogen and oxygen atoms in total. The van der Waals surface area contributed by atoms with E-state index in [1.54, 1.807) is 20.8 Å². The maximum Gasteiger partial charge on any atom is 0.424 e. The third-order valence-electron chi connectivity index (χ3n) is 3.37. The van der Waals surface area contributed by atoms with Crippen LogP contribution in [0.15, 0.2) is 24.3 Å². The number of rotatable bonds is 6. The van der Waals surface area contributed by atoms with E-state index in [9.17, 15) is 9.00 Å². The minimum Gasteiger partial charge on any atom is -0.494 e. The van der Waals surface area contributed by atoms with Gasteiger partial charge in [-0.2, -0.15) is 4.31 Å². The van der Waals surface area contributed by atoms with E-state index in [2.05, 4.69) is 0 Å². The van der Waals surface area contributed by atoms with Crippen molar-refractivity contribution in [2.75, 3.05) is 19.1 Å². The molecule has 2 atom stereocenters. The molecule has 0 saturated carbocycles. The Morgan fingerprint density at radius 3 is 2.64 bits per heavy atom. The topological polar surface area (TPSA) is 65.1 Å². The van der Waals surface area contributed by atoms with Crippen molar-refractivity contribution in [2.45, 2.75) is 45.3 Å². The number of nitrogens with zero attached hydrogens (tertiary/aromatic N) is 1. The van der Waals surface area contributed by atoms with Crippen molar-refractivity contribution in [1.82, 2.24) is 4.31 Å². The van der Waals surface area contributed by atoms with Crippen LogP contribution in [0.4, 0.5) is 4.79 Å². The van der Waals surface area contributed by atoms with Gasteiger partial charge in [-0.15, -0.1) is 11.6 Å². The second-order valence-corrected chi connectivity index (χ2v) is 8.14. The Bertz CT molecular complexity index is 602. The number of benzene rings is 1. The fourth-order valence-electron chi connectivity index (χ4n) is 2.28. The van der Waals surface area contributed by atoms with Gasteiger partial charge in [-0.1, -0.05) is 12.1 Å². The standard InChI is InChI=1S/C17H24ClNO5S/c1-17(2,3)24-16(20)19-14(12-23-25(19)21)11-13-5-7-15(8-6-13)22-10-4-9-18/h5-8,14H,4,9-12H2,1-3H3/t14-,25?/m0/s1. The molecule has 1 unspecified atom stereocenters. The van der Waals surface area contributed by atoms with E-state index in [4.69, 9.17) is 25.3 Å². The van der Waals surface area contributed by atoms with Crippen molar-refractivity contribution in [3.05, 3.63) is 29.8 Å². The number of carbonyl (C=O) groups excluding carboxylic acids is 1. The summed E-state index contributed by atoms with van der Waals surface area (Å²) in [6.45, 7) is 6.08. The molecule has 8 heteroatoms. The van der Waals surface area contributed by atoms with Gasteiger partial charge in [0.2, 0.25) is 0 Å². The lowest BCUT2D eigenvalue weighted by atomic mass is 10.1. The first kappa shape index (κ1) is 20.0. The largest absolute Gasteiger partial charge is 0.494 e. The third-order valence-corrected chi connectivity index (χ3v) is 4.74. The molecule has 140 valence electrons. The molecular weight excluding hydrogens is 366 g/mol. The first-order chi connectivity index (χ1) is 11.8. The highest BCUT2D eigenvalue weighted by atomic mass is 35.5. The van der Waals surface area contributed by atoms with E-state index in [1.807, 2.05) is 24.3 Å². The van der Waals surface area contributed by atoms with Gasteiger partial charge in [-0.3, -0.25) is 4.18 Å². The quantitative estimate of drug-likeness (QED) is 0.550. The van der Waals surface area contributed by atoms with Gasteiger partial charge >= 0.3 is 6.09 Å². The van der Waals surface area contributed by atoms with Crippen LogP contribution in [0.1, 0.15) is 32.8 Å². The normalized spacial score (nSPS) is 20.6. The molecular formula is C17H24ClNO5S. The van der Waals surface area contributed by atoms with E-state index in [0.29, 0.717) is 18.9 Å². The van der Waals surface area contributed by atoms with E-state index in [-0.39, 0.29) is 12.6 Å². The summed E-state index contributed by atoms with van der Waals surface area (Å²) in [5.74, 6) is 1.33. The van der Waals surface area contributed by atoms with Crippen LogP contribution in [0.3, 0.4) is 0 Å². The SMILES string of the molecule is CC(C)(C)OC(=O)N1[C@@H](Cc2ccc(OCCCCl)cc2)COS1=O. The van der Waals surface area contributed by atoms with Gasteiger partial charge in [-0.05, 0) is 51.3 Å². The highest BCUT2D eigenvalue weighted by Gasteiger charge is 2.39. The summed E-state index contributed by atoms with van der Waals surface area (Å²) in [6, 6.07) is 7.25. The van der Waals surface area contributed by atoms with Gasteiger partial charge in [0.1, 0.15) is 11.4 Å². The Morgan fingerprint density at radius 2 is 2.04 bits per heavy atom. The van der Waals surface area contributed by atoms with E-state index >= 15 is 0 Å². The summed E-state index contributed by atoms with van der Waals surface area (Å²) in [4.78, 5) is 12.3. The molecule has 0 radical (unpaired) electrons. The fraction of sp³-hybridized carbons (Fsp3) is 0.588. The second-order valence-electron chi connectivity index (χ2n) is 6.70. The molecule has 0 N–H and O–H groups in total. The molecule has 25 heavy (non-hydrogen) atoms. The zero-order valence-corrected chi connectivity index (χ0v) is 16.3. The van der Waals surface area contributed by atoms with Crippen molar-refractivity contribution < 1.29 is 22.7 Å². The summed E-state index contributed by atoms with van der Waals surface area (Å²) in [6.07, 6.45) is 0.682. The number of hydrogen-bond acceptors (Lipinski definition) is 5. The van der Waals surface area contributed by atoms with Crippen molar-refractivity contribution in [1.29, 1.82) is 0 Å². The van der Waals surface area contributed by atoms with Crippen LogP contribution in [0.5, 0.6) is 5.75 Å². The van der Waals surface area contributed by atoms with Crippen LogP contribution >= 0.6 is 11.6 Å². The predicted molar refractivity (Wildman–Crippen MR) is 96.9 cm³/mol. The summed E-state index contributed by atoms with van der Waals surface area (Å²) < 4.78 is 29.2. The van der Waals surface area contributed by atoms with E-state index < -0.39 is 23.0 Å². The Kier molecular flexibility index (Phi) is 7.10. The molecule has 1 fully saturated rings. The maximum absolute atomic E-state index is 12.3. The zero-order valence-electron chi connectivity index (χ0n) is 14.7. The van der Waals surface area contributed by atoms with E-state index in [0.717, 1.165) is 22.0 Å². The smallest absolute Gasteiger partial charge is 0.424 e. The zero-order chi connectivity index (χ0) is 18.4. The Balaban J connectivity index is 1.98. The lowest BCUT2D eigenvalue weighted by Crippen LogP contribution is -2.41. The Labute approximate surface area is 156 Å². The van der Waals surface area contributed by atoms with Gasteiger partial charge in [0, 0.05) is 5.88 Å². The fourth-order valence-corrected chi connectivity index (χ4v) is 3.31. The lowest BCUT2D eigenvalue weighted by Gasteiger charge is -2.25. The number of carbonyl (C=O) groups is 1. The summed E-state index contributed by atoms with van der Waals surface area (Å²) in [7, 11) is 0. The second kappa shape index (κ2) is 8.87. The number of ether oxygens (including phenoxy) is 2. The van der Waals surface area contributed by atoms with Crippen LogP contribution in [-0.2, 0) is 26.6 Å². The first-order valence-electron chi connectivity index (χ1n) is 8.15. The highest BCUT2D eigenvalue weighted by molar-refractivity contribution is 7.78. The van der Waals surface area contributed by atoms with Gasteiger partial charge in [0.05, 0.1) is 19.3 Å². The van der Waals surface area contributed by atoms with E-state index in [1.165, 1.54) is 0 Å². The molecule has 1 saturated heterocycles. The molecule has 1 aliphatic rings. The minimum atomic E-state index is -1.82. The number of hydrogen-bond donors (Lipinski definition) is 0. The predicted octanol–water partition coefficient (Wildman–Crippen LogP) is 3.45. The summed E-state index contributed by atoms with van der Waals surface area (Å²) >= 11 is 3.80. The third kappa shape index (κ3) is 6.17. The molecule has 1 heterocycles. The average Bonchev–Trinajstić information content (AvgIpc) is 2.88. The summed E-state index contributed by atoms with van der Waals surface area (Å²) in [5, 5.41) is 0. The molecule has 0 aromatic heterocycles. The van der Waals surface area contributed by atoms with Crippen molar-refractivity contribution in [2.24, 2.45) is 0 Å². The van der Waals surface area contributed by atoms with Crippen LogP contribution in [-0.4, -0.2) is 45.3 Å². The van der Waals surface area contributed by atoms with Crippen molar-refractivity contribution in [3.63, 3.8) is 0 Å². The monoisotopic (exact) mass is 389 g/mol. The van der Waals surface area contributed by atoms with Crippen LogP contribution in [0, 0.1) is 0 Å². The lowest BCUT2D eigenvalue weighted by molar-refractivity contribution is 0.0363. The average molecular weight is 390 g/mol. The maximum atomic E-state index is 12.3. The van der Waals surface area contributed by atoms with Gasteiger partial charge in [0.25, 0.3) is 11.3 Å². The Hall–Kier alpha value is -1.31. The van der Waals surface area contributed by atoms with Gasteiger partial charge < -0.3 is 9.47 Å². The number of amides is 1. The first-order valence-corrected chi connectivity index (χ1v) is 9.72. The summed E-state index contributed by atoms with van der Waals surface area (Å²) in [5.41, 5.74) is 0.335. The van der Waals surface area contributed by atoms with Crippen molar-refractivity contribution in [3.8, 4) is 5.75 Å². The molecule has 1 aromatic rings. The van der Waals surface area contributed by atoms with Gasteiger partial charge in [-0.25, -0.2) is 9.00 Å². The Morgan fingerprint density at radius 1 is 1.36 bits per heavy atom. The molecule has 0 spiro atoms. The van der Waals surface area contributed by atoms with Crippen LogP contribution in [0.25, 0.3) is 0 Å². The number of halogens is 1. The molecule has 2 rings (SSSR count). The van der Waals surface area contributed by atoms with Crippen LogP contribution in [0.2, 0.25) is 0 Å². The van der Waals surface area contributed by atoms with Crippen LogP contribution < -0.4 is 4.74 Å². The van der Waals surface area contributed by atoms with Crippen molar-refractivity contribution >= 4 is 29.0 Å². The molecule has 1 aromatic carbocycles. The minimum absolute atomic E-state index is 0.208.